The molecule has 2 unspecified atom stereocenters. The van der Waals surface area contributed by atoms with Gasteiger partial charge in [-0.05, 0) is 42.8 Å². The van der Waals surface area contributed by atoms with Gasteiger partial charge < -0.3 is 14.6 Å². The fourth-order valence-electron chi connectivity index (χ4n) is 2.98. The van der Waals surface area contributed by atoms with Crippen LogP contribution >= 0.6 is 11.8 Å². The largest absolute Gasteiger partial charge is 0.464 e. The summed E-state index contributed by atoms with van der Waals surface area (Å²) in [6.07, 6.45) is -1.58. The molecule has 0 aromatic heterocycles. The lowest BCUT2D eigenvalue weighted by atomic mass is 10.1. The van der Waals surface area contributed by atoms with Crippen molar-refractivity contribution in [1.29, 1.82) is 0 Å². The Morgan fingerprint density at radius 3 is 2.27 bits per heavy atom. The van der Waals surface area contributed by atoms with Gasteiger partial charge in [0.2, 0.25) is 0 Å². The third-order valence-electron chi connectivity index (χ3n) is 4.56. The zero-order chi connectivity index (χ0) is 23.8. The monoisotopic (exact) mass is 467 g/mol. The summed E-state index contributed by atoms with van der Waals surface area (Å²) in [5.74, 6) is -1.10. The molecule has 0 radical (unpaired) electrons. The standard InChI is InChI=1S/C24H21NO7S/c1-2-31-24(28)21(26)22(33-20-11-7-6-10-19(20)25(29)30)16-12-14-18(15-13-16)32-23(27)17-8-4-3-5-9-17/h3-15,21-22,26H,2H2,1H3. The fourth-order valence-corrected chi connectivity index (χ4v) is 4.20. The zero-order valence-electron chi connectivity index (χ0n) is 17.6. The number of nitrogens with zero attached hydrogens (tertiary/aromatic N) is 1. The van der Waals surface area contributed by atoms with E-state index in [9.17, 15) is 24.8 Å². The molecule has 0 saturated heterocycles. The Kier molecular flexibility index (Phi) is 8.17. The quantitative estimate of drug-likeness (QED) is 0.160. The first-order valence-corrected chi connectivity index (χ1v) is 10.9. The van der Waals surface area contributed by atoms with Crippen LogP contribution in [0.3, 0.4) is 0 Å². The number of carbonyl (C=O) groups excluding carboxylic acids is 2. The van der Waals surface area contributed by atoms with Crippen molar-refractivity contribution >= 4 is 29.4 Å². The normalized spacial score (nSPS) is 12.4. The number of rotatable bonds is 9. The minimum absolute atomic E-state index is 0.0765. The average Bonchev–Trinajstić information content (AvgIpc) is 2.83. The highest BCUT2D eigenvalue weighted by Crippen LogP contribution is 2.42. The van der Waals surface area contributed by atoms with E-state index < -0.39 is 28.2 Å². The molecule has 0 bridgehead atoms. The van der Waals surface area contributed by atoms with Gasteiger partial charge in [-0.25, -0.2) is 9.59 Å². The molecule has 1 N–H and O–H groups in total. The molecular weight excluding hydrogens is 446 g/mol. The average molecular weight is 467 g/mol. The third-order valence-corrected chi connectivity index (χ3v) is 5.94. The van der Waals surface area contributed by atoms with Gasteiger partial charge in [0.15, 0.2) is 6.10 Å². The summed E-state index contributed by atoms with van der Waals surface area (Å²) >= 11 is 0.975. The van der Waals surface area contributed by atoms with Gasteiger partial charge in [-0.3, -0.25) is 10.1 Å². The minimum Gasteiger partial charge on any atom is -0.464 e. The molecule has 0 spiro atoms. The van der Waals surface area contributed by atoms with Gasteiger partial charge in [-0.1, -0.05) is 42.5 Å². The molecule has 0 aliphatic rings. The van der Waals surface area contributed by atoms with E-state index in [2.05, 4.69) is 0 Å². The number of aliphatic hydroxyl groups excluding tert-OH is 1. The maximum Gasteiger partial charge on any atom is 0.343 e. The molecule has 0 fully saturated rings. The summed E-state index contributed by atoms with van der Waals surface area (Å²) in [4.78, 5) is 35.7. The molecular formula is C24H21NO7S. The molecule has 0 aliphatic heterocycles. The minimum atomic E-state index is -1.58. The predicted molar refractivity (Wildman–Crippen MR) is 122 cm³/mol. The van der Waals surface area contributed by atoms with Gasteiger partial charge in [-0.15, -0.1) is 11.8 Å². The second kappa shape index (κ2) is 11.3. The number of hydrogen-bond acceptors (Lipinski definition) is 8. The van der Waals surface area contributed by atoms with Gasteiger partial charge in [0.05, 0.1) is 27.2 Å². The summed E-state index contributed by atoms with van der Waals surface area (Å²) in [7, 11) is 0. The molecule has 0 amide bonds. The molecule has 3 aromatic carbocycles. The van der Waals surface area contributed by atoms with Crippen molar-refractivity contribution in [2.24, 2.45) is 0 Å². The van der Waals surface area contributed by atoms with E-state index in [1.54, 1.807) is 61.5 Å². The van der Waals surface area contributed by atoms with Crippen molar-refractivity contribution in [2.45, 2.75) is 23.2 Å². The van der Waals surface area contributed by atoms with E-state index >= 15 is 0 Å². The van der Waals surface area contributed by atoms with Gasteiger partial charge in [-0.2, -0.15) is 0 Å². The summed E-state index contributed by atoms with van der Waals surface area (Å²) in [6.45, 7) is 1.69. The first-order valence-electron chi connectivity index (χ1n) is 10.0. The molecule has 3 aromatic rings. The summed E-state index contributed by atoms with van der Waals surface area (Å²) in [5.41, 5.74) is 0.749. The smallest absolute Gasteiger partial charge is 0.343 e. The van der Waals surface area contributed by atoms with Crippen LogP contribution in [0.5, 0.6) is 5.75 Å². The molecule has 0 heterocycles. The first kappa shape index (κ1) is 24.0. The third kappa shape index (κ3) is 6.18. The summed E-state index contributed by atoms with van der Waals surface area (Å²) in [5, 5.41) is 21.2. The number of hydrogen-bond donors (Lipinski definition) is 1. The fraction of sp³-hybridized carbons (Fsp3) is 0.167. The Balaban J connectivity index is 1.86. The molecule has 9 heteroatoms. The van der Waals surface area contributed by atoms with Gasteiger partial charge in [0, 0.05) is 6.07 Å². The highest BCUT2D eigenvalue weighted by molar-refractivity contribution is 7.99. The first-order chi connectivity index (χ1) is 15.9. The summed E-state index contributed by atoms with van der Waals surface area (Å²) in [6, 6.07) is 20.8. The SMILES string of the molecule is CCOC(=O)C(O)C(Sc1ccccc1[N+](=O)[O-])c1ccc(OC(=O)c2ccccc2)cc1. The van der Waals surface area contributed by atoms with Gasteiger partial charge in [0.1, 0.15) is 5.75 Å². The second-order valence-electron chi connectivity index (χ2n) is 6.78. The Labute approximate surface area is 194 Å². The van der Waals surface area contributed by atoms with Gasteiger partial charge >= 0.3 is 11.9 Å². The lowest BCUT2D eigenvalue weighted by Gasteiger charge is -2.22. The Bertz CT molecular complexity index is 1120. The van der Waals surface area contributed by atoms with Crippen LogP contribution in [0.2, 0.25) is 0 Å². The topological polar surface area (TPSA) is 116 Å². The van der Waals surface area contributed by atoms with Crippen LogP contribution in [0.1, 0.15) is 28.1 Å². The van der Waals surface area contributed by atoms with Crippen molar-refractivity contribution < 1.29 is 29.1 Å². The number of nitro groups is 1. The van der Waals surface area contributed by atoms with E-state index in [0.29, 0.717) is 11.1 Å². The molecule has 170 valence electrons. The molecule has 2 atom stereocenters. The van der Waals surface area contributed by atoms with E-state index in [4.69, 9.17) is 9.47 Å². The lowest BCUT2D eigenvalue weighted by molar-refractivity contribution is -0.387. The predicted octanol–water partition coefficient (Wildman–Crippen LogP) is 4.57. The molecule has 3 rings (SSSR count). The van der Waals surface area contributed by atoms with Crippen LogP contribution in [0, 0.1) is 10.1 Å². The highest BCUT2D eigenvalue weighted by Gasteiger charge is 2.32. The highest BCUT2D eigenvalue weighted by atomic mass is 32.2. The number of benzene rings is 3. The number of para-hydroxylation sites is 1. The Morgan fingerprint density at radius 1 is 1.00 bits per heavy atom. The van der Waals surface area contributed by atoms with Crippen LogP contribution in [0.15, 0.2) is 83.8 Å². The number of ether oxygens (including phenoxy) is 2. The number of esters is 2. The molecule has 0 saturated carbocycles. The molecule has 0 aliphatic carbocycles. The van der Waals surface area contributed by atoms with E-state index in [-0.39, 0.29) is 22.9 Å². The van der Waals surface area contributed by atoms with Crippen molar-refractivity contribution in [3.8, 4) is 5.75 Å². The maximum absolute atomic E-state index is 12.3. The van der Waals surface area contributed by atoms with Crippen LogP contribution in [0.4, 0.5) is 5.69 Å². The molecule has 33 heavy (non-hydrogen) atoms. The van der Waals surface area contributed by atoms with Crippen molar-refractivity contribution in [3.63, 3.8) is 0 Å². The van der Waals surface area contributed by atoms with E-state index in [0.717, 1.165) is 11.8 Å². The molecule has 8 nitrogen and oxygen atoms in total. The second-order valence-corrected chi connectivity index (χ2v) is 7.97. The maximum atomic E-state index is 12.3. The number of nitro benzene ring substituents is 1. The van der Waals surface area contributed by atoms with Crippen LogP contribution in [-0.4, -0.2) is 34.7 Å². The number of thioether (sulfide) groups is 1. The zero-order valence-corrected chi connectivity index (χ0v) is 18.4. The number of carbonyl (C=O) groups is 2. The summed E-state index contributed by atoms with van der Waals surface area (Å²) < 4.78 is 10.3. The Morgan fingerprint density at radius 2 is 1.64 bits per heavy atom. The van der Waals surface area contributed by atoms with Crippen LogP contribution < -0.4 is 4.74 Å². The van der Waals surface area contributed by atoms with Crippen molar-refractivity contribution in [3.05, 3.63) is 100 Å². The van der Waals surface area contributed by atoms with E-state index in [1.165, 1.54) is 24.3 Å². The Hall–Kier alpha value is -3.69. The van der Waals surface area contributed by atoms with Crippen molar-refractivity contribution in [1.82, 2.24) is 0 Å². The lowest BCUT2D eigenvalue weighted by Crippen LogP contribution is -2.28. The number of aliphatic hydroxyl groups is 1. The van der Waals surface area contributed by atoms with Crippen molar-refractivity contribution in [2.75, 3.05) is 6.61 Å². The van der Waals surface area contributed by atoms with Crippen LogP contribution in [-0.2, 0) is 9.53 Å². The van der Waals surface area contributed by atoms with E-state index in [1.807, 2.05) is 0 Å². The van der Waals surface area contributed by atoms with Gasteiger partial charge in [0.25, 0.3) is 5.69 Å². The van der Waals surface area contributed by atoms with Crippen LogP contribution in [0.25, 0.3) is 0 Å².